The summed E-state index contributed by atoms with van der Waals surface area (Å²) in [6.07, 6.45) is 0. The Hall–Kier alpha value is -0.910. The van der Waals surface area contributed by atoms with Crippen molar-refractivity contribution in [3.63, 3.8) is 0 Å². The Morgan fingerprint density at radius 3 is 2.21 bits per heavy atom. The van der Waals surface area contributed by atoms with Gasteiger partial charge in [-0.25, -0.2) is 0 Å². The molecule has 6 heteroatoms. The smallest absolute Gasteiger partial charge is 0.321 e. The number of primary amides is 1. The number of carbonyl (C=O) groups is 2. The van der Waals surface area contributed by atoms with Crippen LogP contribution in [0.4, 0.5) is 0 Å². The van der Waals surface area contributed by atoms with Crippen LogP contribution in [0.1, 0.15) is 20.8 Å². The molecule has 1 amide bonds. The second-order valence-electron chi connectivity index (χ2n) is 3.63. The Morgan fingerprint density at radius 2 is 1.93 bits per heavy atom. The Bertz CT molecular complexity index is 275. The number of carboxylic acid groups (broad SMARTS) is 1. The monoisotopic (exact) mass is 221 g/mol. The van der Waals surface area contributed by atoms with Gasteiger partial charge in [-0.3, -0.25) is 13.8 Å². The Balaban J connectivity index is 4.50. The third-order valence-corrected chi connectivity index (χ3v) is 4.09. The Kier molecular flexibility index (Phi) is 4.25. The maximum atomic E-state index is 11.5. The van der Waals surface area contributed by atoms with Gasteiger partial charge in [0.05, 0.1) is 0 Å². The average molecular weight is 221 g/mol. The van der Waals surface area contributed by atoms with E-state index in [1.165, 1.54) is 20.8 Å². The first-order valence-electron chi connectivity index (χ1n) is 4.10. The van der Waals surface area contributed by atoms with E-state index in [1.54, 1.807) is 0 Å². The van der Waals surface area contributed by atoms with Crippen LogP contribution >= 0.6 is 0 Å². The number of aliphatic carboxylic acids is 1. The van der Waals surface area contributed by atoms with Crippen molar-refractivity contribution in [2.75, 3.05) is 5.75 Å². The van der Waals surface area contributed by atoms with Gasteiger partial charge >= 0.3 is 5.97 Å². The van der Waals surface area contributed by atoms with Crippen molar-refractivity contribution in [1.82, 2.24) is 0 Å². The molecule has 0 fully saturated rings. The zero-order valence-corrected chi connectivity index (χ0v) is 9.26. The Morgan fingerprint density at radius 1 is 1.50 bits per heavy atom. The van der Waals surface area contributed by atoms with Gasteiger partial charge in [0.25, 0.3) is 0 Å². The maximum absolute atomic E-state index is 11.5. The van der Waals surface area contributed by atoms with Crippen LogP contribution in [-0.4, -0.2) is 31.7 Å². The molecule has 0 spiro atoms. The van der Waals surface area contributed by atoms with Gasteiger partial charge in [0.1, 0.15) is 4.75 Å². The highest BCUT2D eigenvalue weighted by Gasteiger charge is 2.35. The lowest BCUT2D eigenvalue weighted by atomic mass is 10.2. The molecule has 0 aromatic rings. The molecule has 0 aliphatic rings. The van der Waals surface area contributed by atoms with Crippen molar-refractivity contribution < 1.29 is 18.9 Å². The SMILES string of the molecule is CC(CS(=O)C(C)(C)C(=O)O)C(N)=O. The molecule has 0 aromatic carbocycles. The maximum Gasteiger partial charge on any atom is 0.321 e. The summed E-state index contributed by atoms with van der Waals surface area (Å²) in [4.78, 5) is 21.4. The first-order valence-corrected chi connectivity index (χ1v) is 5.42. The minimum absolute atomic E-state index is 0.0192. The molecule has 2 unspecified atom stereocenters. The summed E-state index contributed by atoms with van der Waals surface area (Å²) in [5.41, 5.74) is 4.98. The number of hydrogen-bond donors (Lipinski definition) is 2. The zero-order chi connectivity index (χ0) is 11.5. The molecule has 0 bridgehead atoms. The number of carboxylic acids is 1. The molecular weight excluding hydrogens is 206 g/mol. The highest BCUT2D eigenvalue weighted by atomic mass is 32.2. The van der Waals surface area contributed by atoms with Crippen LogP contribution < -0.4 is 5.73 Å². The second-order valence-corrected chi connectivity index (χ2v) is 5.68. The highest BCUT2D eigenvalue weighted by Crippen LogP contribution is 2.15. The molecular formula is C8H15NO4S. The van der Waals surface area contributed by atoms with Crippen LogP contribution in [0.2, 0.25) is 0 Å². The quantitative estimate of drug-likeness (QED) is 0.667. The molecule has 0 radical (unpaired) electrons. The second kappa shape index (κ2) is 4.54. The van der Waals surface area contributed by atoms with Gasteiger partial charge in [0.2, 0.25) is 5.91 Å². The molecule has 0 heterocycles. The average Bonchev–Trinajstić information content (AvgIpc) is 2.03. The van der Waals surface area contributed by atoms with Crippen LogP contribution in [0.3, 0.4) is 0 Å². The van der Waals surface area contributed by atoms with E-state index in [0.29, 0.717) is 0 Å². The number of rotatable bonds is 5. The summed E-state index contributed by atoms with van der Waals surface area (Å²) in [6.45, 7) is 4.25. The summed E-state index contributed by atoms with van der Waals surface area (Å²) in [5.74, 6) is -2.31. The zero-order valence-electron chi connectivity index (χ0n) is 8.44. The molecule has 5 nitrogen and oxygen atoms in total. The lowest BCUT2D eigenvalue weighted by Gasteiger charge is -2.19. The standard InChI is InChI=1S/C8H15NO4S/c1-5(6(9)10)4-14(13)8(2,3)7(11)12/h5H,4H2,1-3H3,(H2,9,10)(H,11,12). The van der Waals surface area contributed by atoms with E-state index in [2.05, 4.69) is 0 Å². The lowest BCUT2D eigenvalue weighted by Crippen LogP contribution is -2.40. The lowest BCUT2D eigenvalue weighted by molar-refractivity contribution is -0.139. The molecule has 0 saturated carbocycles. The van der Waals surface area contributed by atoms with Gasteiger partial charge in [-0.05, 0) is 13.8 Å². The number of carbonyl (C=O) groups excluding carboxylic acids is 1. The van der Waals surface area contributed by atoms with E-state index in [1.807, 2.05) is 0 Å². The van der Waals surface area contributed by atoms with Gasteiger partial charge in [-0.2, -0.15) is 0 Å². The van der Waals surface area contributed by atoms with Gasteiger partial charge in [-0.15, -0.1) is 0 Å². The highest BCUT2D eigenvalue weighted by molar-refractivity contribution is 7.87. The molecule has 0 aliphatic carbocycles. The summed E-state index contributed by atoms with van der Waals surface area (Å²) < 4.78 is 10.2. The molecule has 14 heavy (non-hydrogen) atoms. The van der Waals surface area contributed by atoms with Crippen LogP contribution in [0.25, 0.3) is 0 Å². The fraction of sp³-hybridized carbons (Fsp3) is 0.750. The first kappa shape index (κ1) is 13.1. The normalized spacial score (nSPS) is 15.9. The van der Waals surface area contributed by atoms with Crippen molar-refractivity contribution >= 4 is 22.7 Å². The molecule has 0 aromatic heterocycles. The van der Waals surface area contributed by atoms with E-state index in [9.17, 15) is 13.8 Å². The third kappa shape index (κ3) is 3.10. The fourth-order valence-electron chi connectivity index (χ4n) is 0.615. The van der Waals surface area contributed by atoms with Crippen LogP contribution in [0.5, 0.6) is 0 Å². The van der Waals surface area contributed by atoms with Gasteiger partial charge in [0, 0.05) is 22.5 Å². The topological polar surface area (TPSA) is 97.5 Å². The summed E-state index contributed by atoms with van der Waals surface area (Å²) >= 11 is 0. The van der Waals surface area contributed by atoms with Gasteiger partial charge < -0.3 is 10.8 Å². The van der Waals surface area contributed by atoms with Crippen LogP contribution in [0.15, 0.2) is 0 Å². The predicted molar refractivity (Wildman–Crippen MR) is 53.1 cm³/mol. The molecule has 0 saturated heterocycles. The summed E-state index contributed by atoms with van der Waals surface area (Å²) in [7, 11) is -1.61. The number of amides is 1. The van der Waals surface area contributed by atoms with Gasteiger partial charge in [-0.1, -0.05) is 6.92 Å². The van der Waals surface area contributed by atoms with Crippen molar-refractivity contribution in [2.45, 2.75) is 25.5 Å². The summed E-state index contributed by atoms with van der Waals surface area (Å²) in [6, 6.07) is 0. The van der Waals surface area contributed by atoms with Crippen molar-refractivity contribution in [1.29, 1.82) is 0 Å². The van der Waals surface area contributed by atoms with E-state index < -0.39 is 33.3 Å². The molecule has 3 N–H and O–H groups in total. The van der Waals surface area contributed by atoms with Crippen molar-refractivity contribution in [2.24, 2.45) is 11.7 Å². The largest absolute Gasteiger partial charge is 0.480 e. The Labute approximate surface area is 85.1 Å². The first-order chi connectivity index (χ1) is 6.19. The van der Waals surface area contributed by atoms with E-state index in [0.717, 1.165) is 0 Å². The van der Waals surface area contributed by atoms with E-state index in [-0.39, 0.29) is 5.75 Å². The fourth-order valence-corrected chi connectivity index (χ4v) is 1.84. The number of hydrogen-bond acceptors (Lipinski definition) is 3. The molecule has 2 atom stereocenters. The molecule has 82 valence electrons. The predicted octanol–water partition coefficient (Wildman–Crippen LogP) is -0.280. The minimum Gasteiger partial charge on any atom is -0.480 e. The minimum atomic E-state index is -1.61. The van der Waals surface area contributed by atoms with Gasteiger partial charge in [0.15, 0.2) is 0 Å². The van der Waals surface area contributed by atoms with Crippen LogP contribution in [0, 0.1) is 5.92 Å². The van der Waals surface area contributed by atoms with E-state index >= 15 is 0 Å². The summed E-state index contributed by atoms with van der Waals surface area (Å²) in [5, 5.41) is 8.75. The molecule has 0 aliphatic heterocycles. The van der Waals surface area contributed by atoms with Crippen LogP contribution in [-0.2, 0) is 20.4 Å². The van der Waals surface area contributed by atoms with Crippen molar-refractivity contribution in [3.8, 4) is 0 Å². The van der Waals surface area contributed by atoms with E-state index in [4.69, 9.17) is 10.8 Å². The van der Waals surface area contributed by atoms with Crippen molar-refractivity contribution in [3.05, 3.63) is 0 Å². The molecule has 0 rings (SSSR count). The third-order valence-electron chi connectivity index (χ3n) is 1.97. The number of nitrogens with two attached hydrogens (primary N) is 1.